The molecule has 1 heterocycles. The van der Waals surface area contributed by atoms with Gasteiger partial charge in [0.25, 0.3) is 0 Å². The van der Waals surface area contributed by atoms with Crippen LogP contribution in [0.5, 0.6) is 0 Å². The number of thioether (sulfide) groups is 1. The standard InChI is InChI=1S/C16H25ClN4O2S2/c1-18-16(20(2)13-14-4-3-5-15(17)12-14)19-6-11-25(22,23)21-7-9-24-10-8-21/h3-5,12H,6-11,13H2,1-2H3,(H,18,19). The van der Waals surface area contributed by atoms with Crippen LogP contribution in [0.2, 0.25) is 5.02 Å². The van der Waals surface area contributed by atoms with E-state index in [-0.39, 0.29) is 5.75 Å². The summed E-state index contributed by atoms with van der Waals surface area (Å²) in [5.41, 5.74) is 1.07. The van der Waals surface area contributed by atoms with Gasteiger partial charge in [0.1, 0.15) is 0 Å². The second kappa shape index (κ2) is 9.66. The van der Waals surface area contributed by atoms with E-state index in [0.717, 1.165) is 17.1 Å². The maximum atomic E-state index is 12.4. The Morgan fingerprint density at radius 3 is 2.76 bits per heavy atom. The lowest BCUT2D eigenvalue weighted by Gasteiger charge is -2.26. The molecule has 1 aliphatic heterocycles. The van der Waals surface area contributed by atoms with E-state index in [0.29, 0.717) is 37.2 Å². The summed E-state index contributed by atoms with van der Waals surface area (Å²) in [6, 6.07) is 7.64. The first-order valence-corrected chi connectivity index (χ1v) is 11.3. The third-order valence-electron chi connectivity index (χ3n) is 3.89. The van der Waals surface area contributed by atoms with E-state index < -0.39 is 10.0 Å². The molecule has 1 fully saturated rings. The van der Waals surface area contributed by atoms with E-state index >= 15 is 0 Å². The van der Waals surface area contributed by atoms with Crippen LogP contribution in [0.25, 0.3) is 0 Å². The van der Waals surface area contributed by atoms with Gasteiger partial charge < -0.3 is 10.2 Å². The van der Waals surface area contributed by atoms with Gasteiger partial charge in [-0.25, -0.2) is 12.7 Å². The lowest BCUT2D eigenvalue weighted by atomic mass is 10.2. The lowest BCUT2D eigenvalue weighted by molar-refractivity contribution is 0.442. The summed E-state index contributed by atoms with van der Waals surface area (Å²) in [5, 5.41) is 3.83. The van der Waals surface area contributed by atoms with E-state index in [1.54, 1.807) is 23.1 Å². The highest BCUT2D eigenvalue weighted by Crippen LogP contribution is 2.13. The molecule has 1 N–H and O–H groups in total. The van der Waals surface area contributed by atoms with Gasteiger partial charge in [-0.2, -0.15) is 11.8 Å². The maximum absolute atomic E-state index is 12.4. The van der Waals surface area contributed by atoms with Crippen molar-refractivity contribution in [2.45, 2.75) is 6.54 Å². The average Bonchev–Trinajstić information content (AvgIpc) is 2.59. The molecule has 9 heteroatoms. The molecule has 0 radical (unpaired) electrons. The molecule has 25 heavy (non-hydrogen) atoms. The summed E-state index contributed by atoms with van der Waals surface area (Å²) in [5.74, 6) is 2.47. The van der Waals surface area contributed by atoms with Crippen LogP contribution in [0.4, 0.5) is 0 Å². The summed E-state index contributed by atoms with van der Waals surface area (Å²) in [6.07, 6.45) is 0. The third kappa shape index (κ3) is 6.36. The average molecular weight is 405 g/mol. The zero-order valence-corrected chi connectivity index (χ0v) is 17.0. The van der Waals surface area contributed by atoms with E-state index in [4.69, 9.17) is 11.6 Å². The fraction of sp³-hybridized carbons (Fsp3) is 0.562. The largest absolute Gasteiger partial charge is 0.355 e. The third-order valence-corrected chi connectivity index (χ3v) is 6.94. The van der Waals surface area contributed by atoms with Crippen molar-refractivity contribution >= 4 is 39.3 Å². The van der Waals surface area contributed by atoms with Crippen molar-refractivity contribution in [3.05, 3.63) is 34.9 Å². The number of rotatable bonds is 6. The maximum Gasteiger partial charge on any atom is 0.215 e. The van der Waals surface area contributed by atoms with Crippen LogP contribution in [0.15, 0.2) is 29.3 Å². The number of aliphatic imine (C=N–C) groups is 1. The second-order valence-corrected chi connectivity index (χ2v) is 9.54. The number of guanidine groups is 1. The van der Waals surface area contributed by atoms with Crippen molar-refractivity contribution in [1.29, 1.82) is 0 Å². The molecular formula is C16H25ClN4O2S2. The molecular weight excluding hydrogens is 380 g/mol. The Hall–Kier alpha value is -0.960. The first-order chi connectivity index (χ1) is 11.9. The summed E-state index contributed by atoms with van der Waals surface area (Å²) in [4.78, 5) is 6.17. The molecule has 1 aliphatic rings. The van der Waals surface area contributed by atoms with Gasteiger partial charge in [-0.1, -0.05) is 23.7 Å². The first-order valence-electron chi connectivity index (χ1n) is 8.14. The van der Waals surface area contributed by atoms with Gasteiger partial charge in [0, 0.05) is 56.8 Å². The predicted molar refractivity (Wildman–Crippen MR) is 107 cm³/mol. The van der Waals surface area contributed by atoms with Crippen molar-refractivity contribution in [3.63, 3.8) is 0 Å². The zero-order valence-electron chi connectivity index (χ0n) is 14.6. The van der Waals surface area contributed by atoms with Crippen LogP contribution >= 0.6 is 23.4 Å². The fourth-order valence-electron chi connectivity index (χ4n) is 2.61. The number of nitrogens with zero attached hydrogens (tertiary/aromatic N) is 3. The number of halogens is 1. The van der Waals surface area contributed by atoms with Crippen molar-refractivity contribution < 1.29 is 8.42 Å². The Bertz CT molecular complexity index is 691. The highest BCUT2D eigenvalue weighted by molar-refractivity contribution is 7.99. The summed E-state index contributed by atoms with van der Waals surface area (Å²) >= 11 is 7.81. The second-order valence-electron chi connectivity index (χ2n) is 5.79. The van der Waals surface area contributed by atoms with Crippen LogP contribution in [-0.4, -0.2) is 74.6 Å². The first kappa shape index (κ1) is 20.4. The molecule has 0 unspecified atom stereocenters. The highest BCUT2D eigenvalue weighted by Gasteiger charge is 2.23. The topological polar surface area (TPSA) is 65.0 Å². The minimum atomic E-state index is -3.21. The smallest absolute Gasteiger partial charge is 0.215 e. The Morgan fingerprint density at radius 2 is 2.12 bits per heavy atom. The minimum Gasteiger partial charge on any atom is -0.355 e. The number of benzene rings is 1. The molecule has 0 aromatic heterocycles. The molecule has 2 rings (SSSR count). The SMILES string of the molecule is CN=C(NCCS(=O)(=O)N1CCSCC1)N(C)Cc1cccc(Cl)c1. The zero-order chi connectivity index (χ0) is 18.3. The van der Waals surface area contributed by atoms with Crippen LogP contribution in [-0.2, 0) is 16.6 Å². The molecule has 0 spiro atoms. The van der Waals surface area contributed by atoms with E-state index in [1.165, 1.54) is 0 Å². The van der Waals surface area contributed by atoms with Crippen molar-refractivity contribution in [2.75, 3.05) is 51.0 Å². The van der Waals surface area contributed by atoms with Crippen molar-refractivity contribution in [1.82, 2.24) is 14.5 Å². The van der Waals surface area contributed by atoms with Gasteiger partial charge in [-0.3, -0.25) is 4.99 Å². The predicted octanol–water partition coefficient (Wildman–Crippen LogP) is 1.73. The number of hydrogen-bond acceptors (Lipinski definition) is 4. The normalized spacial score (nSPS) is 16.7. The monoisotopic (exact) mass is 404 g/mol. The van der Waals surface area contributed by atoms with Gasteiger partial charge in [0.15, 0.2) is 5.96 Å². The highest BCUT2D eigenvalue weighted by atomic mass is 35.5. The fourth-order valence-corrected chi connectivity index (χ4v) is 5.32. The summed E-state index contributed by atoms with van der Waals surface area (Å²) in [7, 11) is 0.386. The van der Waals surface area contributed by atoms with Crippen LogP contribution < -0.4 is 5.32 Å². The number of hydrogen-bond donors (Lipinski definition) is 1. The Kier molecular flexibility index (Phi) is 7.86. The Labute approximate surface area is 159 Å². The van der Waals surface area contributed by atoms with Gasteiger partial charge >= 0.3 is 0 Å². The van der Waals surface area contributed by atoms with Gasteiger partial charge in [0.2, 0.25) is 10.0 Å². The van der Waals surface area contributed by atoms with Gasteiger partial charge in [0.05, 0.1) is 5.75 Å². The minimum absolute atomic E-state index is 0.0711. The number of nitrogens with one attached hydrogen (secondary N) is 1. The number of sulfonamides is 1. The molecule has 0 saturated carbocycles. The molecule has 1 saturated heterocycles. The summed E-state index contributed by atoms with van der Waals surface area (Å²) in [6.45, 7) is 2.18. The van der Waals surface area contributed by atoms with Crippen molar-refractivity contribution in [2.24, 2.45) is 4.99 Å². The van der Waals surface area contributed by atoms with E-state index in [1.807, 2.05) is 36.2 Å². The summed E-state index contributed by atoms with van der Waals surface area (Å²) < 4.78 is 26.3. The van der Waals surface area contributed by atoms with Crippen LogP contribution in [0, 0.1) is 0 Å². The van der Waals surface area contributed by atoms with Crippen LogP contribution in [0.1, 0.15) is 5.56 Å². The molecule has 6 nitrogen and oxygen atoms in total. The van der Waals surface area contributed by atoms with Crippen molar-refractivity contribution in [3.8, 4) is 0 Å². The van der Waals surface area contributed by atoms with E-state index in [9.17, 15) is 8.42 Å². The molecule has 140 valence electrons. The molecule has 0 bridgehead atoms. The van der Waals surface area contributed by atoms with Crippen LogP contribution in [0.3, 0.4) is 0 Å². The Balaban J connectivity index is 1.85. The lowest BCUT2D eigenvalue weighted by Crippen LogP contribution is -2.44. The Morgan fingerprint density at radius 1 is 1.40 bits per heavy atom. The molecule has 1 aromatic carbocycles. The molecule has 0 amide bonds. The molecule has 1 aromatic rings. The molecule has 0 aliphatic carbocycles. The van der Waals surface area contributed by atoms with Gasteiger partial charge in [-0.15, -0.1) is 0 Å². The van der Waals surface area contributed by atoms with E-state index in [2.05, 4.69) is 10.3 Å². The van der Waals surface area contributed by atoms with Gasteiger partial charge in [-0.05, 0) is 17.7 Å². The molecule has 0 atom stereocenters. The quantitative estimate of drug-likeness (QED) is 0.577.